The first kappa shape index (κ1) is 23.4. The van der Waals surface area contributed by atoms with Gasteiger partial charge in [-0.25, -0.2) is 0 Å². The maximum absolute atomic E-state index is 11.8. The maximum Gasteiger partial charge on any atom is 0.310 e. The summed E-state index contributed by atoms with van der Waals surface area (Å²) in [4.78, 5) is 22.6. The van der Waals surface area contributed by atoms with Gasteiger partial charge in [-0.15, -0.1) is 0 Å². The second-order valence-corrected chi connectivity index (χ2v) is 7.68. The van der Waals surface area contributed by atoms with Crippen molar-refractivity contribution in [1.82, 2.24) is 5.32 Å². The number of nitrogens with one attached hydrogen (secondary N) is 1. The molecule has 0 bridgehead atoms. The van der Waals surface area contributed by atoms with E-state index in [2.05, 4.69) is 41.7 Å². The topological polar surface area (TPSA) is 75.6 Å². The van der Waals surface area contributed by atoms with Gasteiger partial charge >= 0.3 is 5.97 Å². The van der Waals surface area contributed by atoms with E-state index in [0.29, 0.717) is 13.0 Å². The molecule has 0 amide bonds. The SMILES string of the molecule is CCC(CNC(c1ccccc1)(c1ccccc1)c1ccccc1)OCC(=O)CC(=O)O. The third-order valence-corrected chi connectivity index (χ3v) is 5.50. The molecule has 5 heteroatoms. The second kappa shape index (κ2) is 11.4. The minimum Gasteiger partial charge on any atom is -0.481 e. The van der Waals surface area contributed by atoms with E-state index in [1.165, 1.54) is 0 Å². The molecular formula is C27H29NO4. The Morgan fingerprint density at radius 2 is 1.28 bits per heavy atom. The van der Waals surface area contributed by atoms with E-state index in [4.69, 9.17) is 9.84 Å². The van der Waals surface area contributed by atoms with Crippen LogP contribution in [-0.4, -0.2) is 36.1 Å². The van der Waals surface area contributed by atoms with Crippen molar-refractivity contribution in [1.29, 1.82) is 0 Å². The van der Waals surface area contributed by atoms with Gasteiger partial charge < -0.3 is 9.84 Å². The van der Waals surface area contributed by atoms with Crippen LogP contribution in [0.2, 0.25) is 0 Å². The third-order valence-electron chi connectivity index (χ3n) is 5.50. The van der Waals surface area contributed by atoms with Crippen molar-refractivity contribution in [2.24, 2.45) is 0 Å². The molecule has 166 valence electrons. The summed E-state index contributed by atoms with van der Waals surface area (Å²) in [5, 5.41) is 12.6. The molecule has 3 aromatic carbocycles. The normalized spacial score (nSPS) is 12.3. The minimum atomic E-state index is -1.14. The van der Waals surface area contributed by atoms with E-state index in [1.54, 1.807) is 0 Å². The number of benzene rings is 3. The number of Topliss-reactive ketones (excluding diaryl/α,β-unsaturated/α-hetero) is 1. The molecule has 1 unspecified atom stereocenters. The number of aliphatic carboxylic acids is 1. The Morgan fingerprint density at radius 3 is 1.66 bits per heavy atom. The van der Waals surface area contributed by atoms with Crippen LogP contribution < -0.4 is 5.32 Å². The molecule has 2 N–H and O–H groups in total. The van der Waals surface area contributed by atoms with Gasteiger partial charge in [0.05, 0.1) is 11.6 Å². The number of hydrogen-bond acceptors (Lipinski definition) is 4. The van der Waals surface area contributed by atoms with E-state index < -0.39 is 23.7 Å². The predicted octanol–water partition coefficient (Wildman–Crippen LogP) is 4.41. The Kier molecular flexibility index (Phi) is 8.31. The minimum absolute atomic E-state index is 0.207. The smallest absolute Gasteiger partial charge is 0.310 e. The van der Waals surface area contributed by atoms with Crippen molar-refractivity contribution < 1.29 is 19.4 Å². The molecule has 0 saturated carbocycles. The summed E-state index contributed by atoms with van der Waals surface area (Å²) in [6.07, 6.45) is -0.0866. The standard InChI is InChI=1S/C27H29NO4/c1-2-25(32-20-24(29)18-26(30)31)19-28-27(21-12-6-3-7-13-21,22-14-8-4-9-15-22)23-16-10-5-11-17-23/h3-17,25,28H,2,18-20H2,1H3,(H,30,31). The van der Waals surface area contributed by atoms with Crippen molar-refractivity contribution >= 4 is 11.8 Å². The third kappa shape index (κ3) is 5.69. The second-order valence-electron chi connectivity index (χ2n) is 7.68. The highest BCUT2D eigenvalue weighted by Gasteiger charge is 2.36. The molecule has 3 aromatic rings. The molecule has 0 fully saturated rings. The zero-order chi connectivity index (χ0) is 22.8. The van der Waals surface area contributed by atoms with Gasteiger partial charge in [-0.3, -0.25) is 14.9 Å². The molecule has 0 aliphatic heterocycles. The lowest BCUT2D eigenvalue weighted by atomic mass is 9.77. The molecule has 0 spiro atoms. The van der Waals surface area contributed by atoms with Crippen molar-refractivity contribution in [3.63, 3.8) is 0 Å². The van der Waals surface area contributed by atoms with Crippen LogP contribution in [0.25, 0.3) is 0 Å². The lowest BCUT2D eigenvalue weighted by molar-refractivity contribution is -0.141. The largest absolute Gasteiger partial charge is 0.481 e. The van der Waals surface area contributed by atoms with Crippen LogP contribution in [0.15, 0.2) is 91.0 Å². The number of rotatable bonds is 12. The first-order valence-electron chi connectivity index (χ1n) is 10.8. The Balaban J connectivity index is 1.94. The summed E-state index contributed by atoms with van der Waals surface area (Å²) in [6, 6.07) is 30.7. The van der Waals surface area contributed by atoms with Gasteiger partial charge in [0.15, 0.2) is 5.78 Å². The van der Waals surface area contributed by atoms with Gasteiger partial charge in [0.2, 0.25) is 0 Å². The van der Waals surface area contributed by atoms with Gasteiger partial charge in [0, 0.05) is 6.54 Å². The van der Waals surface area contributed by atoms with E-state index in [9.17, 15) is 9.59 Å². The van der Waals surface area contributed by atoms with Gasteiger partial charge in [-0.2, -0.15) is 0 Å². The molecule has 3 rings (SSSR count). The summed E-state index contributed by atoms with van der Waals surface area (Å²) in [5.41, 5.74) is 2.66. The van der Waals surface area contributed by atoms with Crippen LogP contribution in [0.5, 0.6) is 0 Å². The molecule has 0 heterocycles. The average molecular weight is 432 g/mol. The van der Waals surface area contributed by atoms with Crippen LogP contribution in [0.4, 0.5) is 0 Å². The van der Waals surface area contributed by atoms with Crippen LogP contribution in [0.1, 0.15) is 36.5 Å². The molecule has 0 radical (unpaired) electrons. The molecule has 1 atom stereocenters. The van der Waals surface area contributed by atoms with Crippen molar-refractivity contribution in [2.45, 2.75) is 31.4 Å². The number of ketones is 1. The lowest BCUT2D eigenvalue weighted by Gasteiger charge is -2.38. The van der Waals surface area contributed by atoms with Crippen LogP contribution in [-0.2, 0) is 19.9 Å². The first-order chi connectivity index (χ1) is 15.6. The van der Waals surface area contributed by atoms with Crippen LogP contribution >= 0.6 is 0 Å². The molecule has 0 aliphatic carbocycles. The number of carbonyl (C=O) groups is 2. The fourth-order valence-corrected chi connectivity index (χ4v) is 3.89. The fourth-order valence-electron chi connectivity index (χ4n) is 3.89. The molecule has 0 aliphatic rings. The number of carbonyl (C=O) groups excluding carboxylic acids is 1. The summed E-state index contributed by atoms with van der Waals surface area (Å²) < 4.78 is 5.78. The predicted molar refractivity (Wildman–Crippen MR) is 125 cm³/mol. The summed E-state index contributed by atoms with van der Waals surface area (Å²) in [5.74, 6) is -1.57. The molecular weight excluding hydrogens is 402 g/mol. The van der Waals surface area contributed by atoms with Gasteiger partial charge in [0.1, 0.15) is 13.0 Å². The van der Waals surface area contributed by atoms with Crippen LogP contribution in [0.3, 0.4) is 0 Å². The van der Waals surface area contributed by atoms with Gasteiger partial charge in [-0.05, 0) is 23.1 Å². The molecule has 0 aromatic heterocycles. The highest BCUT2D eigenvalue weighted by Crippen LogP contribution is 2.36. The monoisotopic (exact) mass is 431 g/mol. The zero-order valence-corrected chi connectivity index (χ0v) is 18.2. The maximum atomic E-state index is 11.8. The summed E-state index contributed by atoms with van der Waals surface area (Å²) >= 11 is 0. The van der Waals surface area contributed by atoms with E-state index in [-0.39, 0.29) is 12.7 Å². The van der Waals surface area contributed by atoms with Gasteiger partial charge in [0.25, 0.3) is 0 Å². The lowest BCUT2D eigenvalue weighted by Crippen LogP contribution is -2.48. The van der Waals surface area contributed by atoms with E-state index >= 15 is 0 Å². The molecule has 5 nitrogen and oxygen atoms in total. The Labute approximate surface area is 189 Å². The number of carboxylic acid groups (broad SMARTS) is 1. The van der Waals surface area contributed by atoms with E-state index in [0.717, 1.165) is 16.7 Å². The molecule has 32 heavy (non-hydrogen) atoms. The fraction of sp³-hybridized carbons (Fsp3) is 0.259. The first-order valence-corrected chi connectivity index (χ1v) is 10.8. The number of hydrogen-bond donors (Lipinski definition) is 2. The van der Waals surface area contributed by atoms with Gasteiger partial charge in [-0.1, -0.05) is 97.9 Å². The Hall–Kier alpha value is -3.28. The highest BCUT2D eigenvalue weighted by molar-refractivity contribution is 5.95. The zero-order valence-electron chi connectivity index (χ0n) is 18.2. The molecule has 0 saturated heterocycles. The Morgan fingerprint density at radius 1 is 0.844 bits per heavy atom. The van der Waals surface area contributed by atoms with Crippen molar-refractivity contribution in [3.05, 3.63) is 108 Å². The number of ether oxygens (including phenoxy) is 1. The van der Waals surface area contributed by atoms with Crippen molar-refractivity contribution in [3.8, 4) is 0 Å². The van der Waals surface area contributed by atoms with E-state index in [1.807, 2.05) is 61.5 Å². The summed E-state index contributed by atoms with van der Waals surface area (Å²) in [6.45, 7) is 2.26. The highest BCUT2D eigenvalue weighted by atomic mass is 16.5. The Bertz CT molecular complexity index is 893. The summed E-state index contributed by atoms with van der Waals surface area (Å²) in [7, 11) is 0. The van der Waals surface area contributed by atoms with Crippen molar-refractivity contribution in [2.75, 3.05) is 13.2 Å². The van der Waals surface area contributed by atoms with Crippen LogP contribution in [0, 0.1) is 0 Å². The quantitative estimate of drug-likeness (QED) is 0.328. The average Bonchev–Trinajstić information content (AvgIpc) is 2.83. The number of carboxylic acids is 1.